The normalized spacial score (nSPS) is 17.9. The van der Waals surface area contributed by atoms with Gasteiger partial charge in [0.25, 0.3) is 5.91 Å². The van der Waals surface area contributed by atoms with Gasteiger partial charge in [0, 0.05) is 43.5 Å². The van der Waals surface area contributed by atoms with Crippen LogP contribution in [-0.2, 0) is 18.3 Å². The molecular formula is C24H23F4N5O4. The highest BCUT2D eigenvalue weighted by Gasteiger charge is 2.34. The number of benzene rings is 1. The van der Waals surface area contributed by atoms with Crippen LogP contribution in [0.2, 0.25) is 0 Å². The monoisotopic (exact) mass is 521 g/mol. The number of amides is 2. The zero-order chi connectivity index (χ0) is 26.7. The van der Waals surface area contributed by atoms with Crippen LogP contribution in [0.1, 0.15) is 22.3 Å². The molecule has 196 valence electrons. The summed E-state index contributed by atoms with van der Waals surface area (Å²) >= 11 is 0. The number of hydrogen-bond acceptors (Lipinski definition) is 6. The van der Waals surface area contributed by atoms with E-state index in [1.54, 1.807) is 24.1 Å². The van der Waals surface area contributed by atoms with Gasteiger partial charge in [0.05, 0.1) is 19.2 Å². The highest BCUT2D eigenvalue weighted by Crippen LogP contribution is 2.28. The van der Waals surface area contributed by atoms with Gasteiger partial charge in [-0.3, -0.25) is 14.3 Å². The molecule has 2 N–H and O–H groups in total. The number of pyridine rings is 1. The molecule has 0 radical (unpaired) electrons. The van der Waals surface area contributed by atoms with Crippen molar-refractivity contribution in [3.63, 3.8) is 0 Å². The van der Waals surface area contributed by atoms with Crippen LogP contribution in [0.4, 0.5) is 17.6 Å². The van der Waals surface area contributed by atoms with Gasteiger partial charge < -0.3 is 20.1 Å². The maximum Gasteiger partial charge on any atom is 0.573 e. The Balaban J connectivity index is 1.37. The molecule has 2 amide bonds. The van der Waals surface area contributed by atoms with E-state index in [9.17, 15) is 27.2 Å². The second-order valence-corrected chi connectivity index (χ2v) is 8.51. The van der Waals surface area contributed by atoms with Crippen molar-refractivity contribution in [2.75, 3.05) is 13.1 Å². The lowest BCUT2D eigenvalue weighted by Crippen LogP contribution is -2.49. The zero-order valence-corrected chi connectivity index (χ0v) is 19.6. The van der Waals surface area contributed by atoms with Gasteiger partial charge in [-0.25, -0.2) is 9.37 Å². The molecule has 2 atom stereocenters. The van der Waals surface area contributed by atoms with E-state index in [1.165, 1.54) is 29.3 Å². The molecule has 3 aromatic rings. The first-order chi connectivity index (χ1) is 17.5. The highest BCUT2D eigenvalue weighted by molar-refractivity contribution is 5.96. The van der Waals surface area contributed by atoms with E-state index in [0.717, 1.165) is 12.1 Å². The SMILES string of the molecule is Cn1cc(-c2cnc(O[C@H]3CCN(C(=O)Cc4ccc(OC(F)(F)F)cc4)C[C@H]3F)c(C(N)=O)c2)cn1. The number of nitrogens with zero attached hydrogens (tertiary/aromatic N) is 4. The number of halogens is 4. The van der Waals surface area contributed by atoms with Gasteiger partial charge in [0.1, 0.15) is 17.4 Å². The van der Waals surface area contributed by atoms with Crippen molar-refractivity contribution in [1.82, 2.24) is 19.7 Å². The van der Waals surface area contributed by atoms with E-state index in [2.05, 4.69) is 14.8 Å². The first kappa shape index (κ1) is 25.9. The number of rotatable bonds is 7. The lowest BCUT2D eigenvalue weighted by Gasteiger charge is -2.34. The standard InChI is InChI=1S/C24H23F4N5O4/c1-32-12-16(11-31-32)15-9-18(22(29)35)23(30-10-15)36-20-6-7-33(13-19(20)25)21(34)8-14-2-4-17(5-3-14)37-24(26,27)28/h2-5,9-12,19-20H,6-8,13H2,1H3,(H2,29,35)/t19-,20+/m1/s1. The smallest absolute Gasteiger partial charge is 0.471 e. The fourth-order valence-electron chi connectivity index (χ4n) is 3.93. The largest absolute Gasteiger partial charge is 0.573 e. The Morgan fingerprint density at radius 3 is 2.49 bits per heavy atom. The Kier molecular flexibility index (Phi) is 7.32. The molecule has 1 fully saturated rings. The van der Waals surface area contributed by atoms with Gasteiger partial charge in [-0.15, -0.1) is 13.2 Å². The van der Waals surface area contributed by atoms with Gasteiger partial charge in [-0.1, -0.05) is 12.1 Å². The maximum atomic E-state index is 15.0. The molecule has 0 saturated carbocycles. The molecule has 1 aliphatic heterocycles. The predicted octanol–water partition coefficient (Wildman–Crippen LogP) is 3.04. The van der Waals surface area contributed by atoms with Crippen molar-refractivity contribution in [3.05, 3.63) is 60.0 Å². The predicted molar refractivity (Wildman–Crippen MR) is 122 cm³/mol. The van der Waals surface area contributed by atoms with Crippen molar-refractivity contribution in [2.45, 2.75) is 31.5 Å². The number of ether oxygens (including phenoxy) is 2. The summed E-state index contributed by atoms with van der Waals surface area (Å²) in [6.07, 6.45) is -2.53. The Hall–Kier alpha value is -4.16. The number of aromatic nitrogens is 3. The van der Waals surface area contributed by atoms with Crippen LogP contribution in [-0.4, -0.2) is 63.2 Å². The summed E-state index contributed by atoms with van der Waals surface area (Å²) in [6, 6.07) is 6.40. The average molecular weight is 521 g/mol. The minimum atomic E-state index is -4.81. The second kappa shape index (κ2) is 10.4. The third-order valence-corrected chi connectivity index (χ3v) is 5.76. The number of piperidine rings is 1. The number of nitrogens with two attached hydrogens (primary N) is 1. The molecule has 1 aromatic carbocycles. The third kappa shape index (κ3) is 6.54. The van der Waals surface area contributed by atoms with Crippen molar-refractivity contribution in [3.8, 4) is 22.8 Å². The van der Waals surface area contributed by atoms with Gasteiger partial charge in [-0.05, 0) is 23.8 Å². The first-order valence-electron chi connectivity index (χ1n) is 11.2. The number of aryl methyl sites for hydroxylation is 1. The summed E-state index contributed by atoms with van der Waals surface area (Å²) in [5.74, 6) is -1.68. The Labute approximate surface area is 208 Å². The number of primary amides is 1. The molecule has 2 aromatic heterocycles. The summed E-state index contributed by atoms with van der Waals surface area (Å²) in [5.41, 5.74) is 7.24. The molecule has 3 heterocycles. The van der Waals surface area contributed by atoms with Gasteiger partial charge in [-0.2, -0.15) is 5.10 Å². The summed E-state index contributed by atoms with van der Waals surface area (Å²) in [6.45, 7) is -0.0721. The van der Waals surface area contributed by atoms with E-state index in [1.807, 2.05) is 0 Å². The molecule has 1 saturated heterocycles. The average Bonchev–Trinajstić information content (AvgIpc) is 3.27. The zero-order valence-electron chi connectivity index (χ0n) is 19.6. The van der Waals surface area contributed by atoms with E-state index in [-0.39, 0.29) is 43.3 Å². The summed E-state index contributed by atoms with van der Waals surface area (Å²) in [5, 5.41) is 4.07. The number of carbonyl (C=O) groups is 2. The minimum Gasteiger partial charge on any atom is -0.471 e. The highest BCUT2D eigenvalue weighted by atomic mass is 19.4. The van der Waals surface area contributed by atoms with E-state index in [0.29, 0.717) is 16.7 Å². The van der Waals surface area contributed by atoms with Crippen molar-refractivity contribution < 1.29 is 36.6 Å². The fourth-order valence-corrected chi connectivity index (χ4v) is 3.93. The van der Waals surface area contributed by atoms with E-state index in [4.69, 9.17) is 10.5 Å². The molecule has 0 spiro atoms. The van der Waals surface area contributed by atoms with Crippen LogP contribution in [0, 0.1) is 0 Å². The number of likely N-dealkylation sites (tertiary alicyclic amines) is 1. The topological polar surface area (TPSA) is 113 Å². The molecule has 4 rings (SSSR count). The van der Waals surface area contributed by atoms with Gasteiger partial charge in [0.2, 0.25) is 11.8 Å². The number of carbonyl (C=O) groups excluding carboxylic acids is 2. The number of alkyl halides is 4. The first-order valence-corrected chi connectivity index (χ1v) is 11.2. The van der Waals surface area contributed by atoms with E-state index >= 15 is 0 Å². The third-order valence-electron chi connectivity index (χ3n) is 5.76. The molecule has 0 bridgehead atoms. The molecule has 13 heteroatoms. The molecule has 0 unspecified atom stereocenters. The Morgan fingerprint density at radius 2 is 1.89 bits per heavy atom. The Morgan fingerprint density at radius 1 is 1.16 bits per heavy atom. The summed E-state index contributed by atoms with van der Waals surface area (Å²) < 4.78 is 63.0. The van der Waals surface area contributed by atoms with Crippen LogP contribution >= 0.6 is 0 Å². The summed E-state index contributed by atoms with van der Waals surface area (Å²) in [4.78, 5) is 30.1. The summed E-state index contributed by atoms with van der Waals surface area (Å²) in [7, 11) is 1.74. The molecule has 0 aliphatic carbocycles. The molecule has 9 nitrogen and oxygen atoms in total. The van der Waals surface area contributed by atoms with Crippen molar-refractivity contribution >= 4 is 11.8 Å². The molecule has 37 heavy (non-hydrogen) atoms. The van der Waals surface area contributed by atoms with Crippen LogP contribution in [0.5, 0.6) is 11.6 Å². The van der Waals surface area contributed by atoms with Gasteiger partial charge in [0.15, 0.2) is 6.17 Å². The minimum absolute atomic E-state index is 0.00925. The lowest BCUT2D eigenvalue weighted by molar-refractivity contribution is -0.274. The van der Waals surface area contributed by atoms with Crippen LogP contribution in [0.3, 0.4) is 0 Å². The maximum absolute atomic E-state index is 15.0. The van der Waals surface area contributed by atoms with Crippen LogP contribution in [0.15, 0.2) is 48.9 Å². The second-order valence-electron chi connectivity index (χ2n) is 8.51. The lowest BCUT2D eigenvalue weighted by atomic mass is 10.0. The van der Waals surface area contributed by atoms with E-state index < -0.39 is 30.3 Å². The fraction of sp³-hybridized carbons (Fsp3) is 0.333. The van der Waals surface area contributed by atoms with Crippen LogP contribution in [0.25, 0.3) is 11.1 Å². The Bertz CT molecular complexity index is 1280. The molecular weight excluding hydrogens is 498 g/mol. The number of hydrogen-bond donors (Lipinski definition) is 1. The quantitative estimate of drug-likeness (QED) is 0.479. The van der Waals surface area contributed by atoms with Gasteiger partial charge >= 0.3 is 6.36 Å². The van der Waals surface area contributed by atoms with Crippen LogP contribution < -0.4 is 15.2 Å². The molecule has 1 aliphatic rings. The van der Waals surface area contributed by atoms with Crippen molar-refractivity contribution in [2.24, 2.45) is 12.8 Å². The van der Waals surface area contributed by atoms with Crippen molar-refractivity contribution in [1.29, 1.82) is 0 Å².